The fourth-order valence-corrected chi connectivity index (χ4v) is 8.07. The van der Waals surface area contributed by atoms with Crippen LogP contribution in [0.15, 0.2) is 12.2 Å². The van der Waals surface area contributed by atoms with Crippen LogP contribution in [0.4, 0.5) is 0 Å². The molecule has 0 aromatic carbocycles. The molecule has 1 amide bonds. The molecule has 0 radical (unpaired) electrons. The fraction of sp³-hybridized carbons (Fsp3) is 0.938. The van der Waals surface area contributed by atoms with Crippen molar-refractivity contribution >= 4 is 13.7 Å². The molecule has 340 valence electrons. The smallest absolute Gasteiger partial charge is 0.391 e. The van der Waals surface area contributed by atoms with Crippen LogP contribution in [-0.2, 0) is 18.4 Å². The third-order valence-corrected chi connectivity index (χ3v) is 12.2. The van der Waals surface area contributed by atoms with Crippen molar-refractivity contribution in [3.05, 3.63) is 12.2 Å². The van der Waals surface area contributed by atoms with Gasteiger partial charge in [-0.2, -0.15) is 0 Å². The van der Waals surface area contributed by atoms with Crippen molar-refractivity contribution in [3.8, 4) is 0 Å². The predicted octanol–water partition coefficient (Wildman–Crippen LogP) is 13.9. The lowest BCUT2D eigenvalue weighted by Gasteiger charge is -2.26. The van der Waals surface area contributed by atoms with Gasteiger partial charge in [-0.05, 0) is 38.5 Å². The maximum Gasteiger partial charge on any atom is 0.472 e. The van der Waals surface area contributed by atoms with Gasteiger partial charge < -0.3 is 19.8 Å². The number of amides is 1. The van der Waals surface area contributed by atoms with Gasteiger partial charge in [-0.3, -0.25) is 13.8 Å². The topological polar surface area (TPSA) is 105 Å². The third kappa shape index (κ3) is 43.1. The number of aliphatic hydroxyl groups excluding tert-OH is 1. The number of quaternary nitrogens is 1. The van der Waals surface area contributed by atoms with Crippen molar-refractivity contribution in [2.24, 2.45) is 0 Å². The van der Waals surface area contributed by atoms with Gasteiger partial charge in [-0.25, -0.2) is 4.57 Å². The zero-order valence-corrected chi connectivity index (χ0v) is 39.5. The first kappa shape index (κ1) is 56.2. The molecule has 0 aromatic heterocycles. The van der Waals surface area contributed by atoms with Crippen molar-refractivity contribution in [2.45, 2.75) is 251 Å². The normalized spacial score (nSPS) is 14.3. The number of unbranched alkanes of at least 4 members (excludes halogenated alkanes) is 30. The number of nitrogens with one attached hydrogen (secondary N) is 1. The summed E-state index contributed by atoms with van der Waals surface area (Å²) in [5.41, 5.74) is 0. The number of aliphatic hydroxyl groups is 1. The summed E-state index contributed by atoms with van der Waals surface area (Å²) in [7, 11) is 1.62. The molecule has 3 unspecified atom stereocenters. The highest BCUT2D eigenvalue weighted by Crippen LogP contribution is 2.43. The number of hydrogen-bond acceptors (Lipinski definition) is 5. The van der Waals surface area contributed by atoms with Gasteiger partial charge in [0.15, 0.2) is 0 Å². The minimum Gasteiger partial charge on any atom is -0.391 e. The van der Waals surface area contributed by atoms with E-state index in [-0.39, 0.29) is 19.1 Å². The summed E-state index contributed by atoms with van der Waals surface area (Å²) in [6.07, 6.45) is 46.7. The van der Waals surface area contributed by atoms with Crippen molar-refractivity contribution in [2.75, 3.05) is 40.9 Å². The van der Waals surface area contributed by atoms with Crippen LogP contribution in [0.5, 0.6) is 0 Å². The lowest BCUT2D eigenvalue weighted by Crippen LogP contribution is -2.46. The maximum atomic E-state index is 12.9. The molecule has 0 aliphatic heterocycles. The Balaban J connectivity index is 4.18. The van der Waals surface area contributed by atoms with Gasteiger partial charge in [-0.1, -0.05) is 206 Å². The zero-order valence-electron chi connectivity index (χ0n) is 38.6. The monoisotopic (exact) mass is 830 g/mol. The third-order valence-electron chi connectivity index (χ3n) is 11.3. The Kier molecular flexibility index (Phi) is 40.1. The Morgan fingerprint density at radius 2 is 0.947 bits per heavy atom. The van der Waals surface area contributed by atoms with E-state index in [1.54, 1.807) is 0 Å². The van der Waals surface area contributed by atoms with Crippen LogP contribution in [0.1, 0.15) is 239 Å². The molecule has 3 N–H and O–H groups in total. The number of hydrogen-bond donors (Lipinski definition) is 3. The van der Waals surface area contributed by atoms with Crippen LogP contribution < -0.4 is 5.32 Å². The largest absolute Gasteiger partial charge is 0.472 e. The molecule has 0 fully saturated rings. The van der Waals surface area contributed by atoms with Crippen LogP contribution >= 0.6 is 7.82 Å². The molecule has 3 atom stereocenters. The summed E-state index contributed by atoms with van der Waals surface area (Å²) >= 11 is 0. The number of likely N-dealkylation sites (N-methyl/N-ethyl adjacent to an activating group) is 1. The van der Waals surface area contributed by atoms with Crippen LogP contribution in [-0.4, -0.2) is 73.4 Å². The minimum atomic E-state index is -4.31. The molecular weight excluding hydrogens is 732 g/mol. The lowest BCUT2D eigenvalue weighted by molar-refractivity contribution is -0.870. The summed E-state index contributed by atoms with van der Waals surface area (Å²) in [5, 5.41) is 14.0. The molecule has 0 heterocycles. The minimum absolute atomic E-state index is 0.0766. The van der Waals surface area contributed by atoms with Crippen molar-refractivity contribution < 1.29 is 32.9 Å². The Morgan fingerprint density at radius 1 is 0.579 bits per heavy atom. The molecule has 0 saturated heterocycles. The highest BCUT2D eigenvalue weighted by molar-refractivity contribution is 7.47. The lowest BCUT2D eigenvalue weighted by atomic mass is 10.0. The Hall–Kier alpha value is -0.760. The number of phosphoric acid groups is 1. The summed E-state index contributed by atoms with van der Waals surface area (Å²) in [6.45, 7) is 4.90. The van der Waals surface area contributed by atoms with E-state index in [1.165, 1.54) is 173 Å². The second-order valence-corrected chi connectivity index (χ2v) is 19.6. The number of allylic oxidation sites excluding steroid dienone is 2. The number of carbonyl (C=O) groups excluding carboxylic acids is 1. The predicted molar refractivity (Wildman–Crippen MR) is 245 cm³/mol. The summed E-state index contributed by atoms with van der Waals surface area (Å²) in [5.74, 6) is -0.143. The zero-order chi connectivity index (χ0) is 42.1. The van der Waals surface area contributed by atoms with Crippen LogP contribution in [0.3, 0.4) is 0 Å². The van der Waals surface area contributed by atoms with E-state index in [0.717, 1.165) is 38.5 Å². The molecule has 9 heteroatoms. The molecule has 0 aromatic rings. The van der Waals surface area contributed by atoms with Gasteiger partial charge in [0.1, 0.15) is 13.2 Å². The Labute approximate surface area is 354 Å². The van der Waals surface area contributed by atoms with Gasteiger partial charge in [0.25, 0.3) is 0 Å². The van der Waals surface area contributed by atoms with E-state index in [4.69, 9.17) is 9.05 Å². The second-order valence-electron chi connectivity index (χ2n) is 18.2. The average molecular weight is 830 g/mol. The highest BCUT2D eigenvalue weighted by Gasteiger charge is 2.28. The molecule has 0 rings (SSSR count). The number of rotatable bonds is 45. The molecule has 8 nitrogen and oxygen atoms in total. The van der Waals surface area contributed by atoms with Crippen LogP contribution in [0, 0.1) is 0 Å². The molecule has 57 heavy (non-hydrogen) atoms. The molecule has 0 spiro atoms. The Morgan fingerprint density at radius 3 is 1.35 bits per heavy atom. The summed E-state index contributed by atoms with van der Waals surface area (Å²) in [4.78, 5) is 23.2. The first-order chi connectivity index (χ1) is 27.5. The van der Waals surface area contributed by atoms with E-state index in [0.29, 0.717) is 23.9 Å². The first-order valence-electron chi connectivity index (χ1n) is 24.6. The SMILES string of the molecule is CCCCCCCCCC/C=C\CCCCCCCCCCCCCC(=O)NC(COP(=O)(O)OCC[N+](C)(C)C)C(O)CCCCCCCCCCCCCC. The standard InChI is InChI=1S/C48H97N2O6P/c1-6-8-10-12-14-16-18-20-21-22-23-24-25-26-27-28-29-30-32-34-36-38-40-42-48(52)49-46(45-56-57(53,54)55-44-43-50(3,4)5)47(51)41-39-37-35-33-31-19-17-15-13-11-9-7-2/h22-23,46-47,51H,6-21,24-45H2,1-5H3,(H-,49,52,53,54)/p+1/b23-22-. The average Bonchev–Trinajstić information content (AvgIpc) is 3.16. The second kappa shape index (κ2) is 40.6. The molecule has 0 bridgehead atoms. The van der Waals surface area contributed by atoms with Gasteiger partial charge in [0.05, 0.1) is 39.9 Å². The van der Waals surface area contributed by atoms with E-state index in [1.807, 2.05) is 21.1 Å². The van der Waals surface area contributed by atoms with E-state index in [2.05, 4.69) is 31.3 Å². The highest BCUT2D eigenvalue weighted by atomic mass is 31.2. The molecular formula is C48H98N2O6P+. The summed E-state index contributed by atoms with van der Waals surface area (Å²) in [6, 6.07) is -0.756. The van der Waals surface area contributed by atoms with E-state index in [9.17, 15) is 19.4 Å². The van der Waals surface area contributed by atoms with Gasteiger partial charge >= 0.3 is 7.82 Å². The van der Waals surface area contributed by atoms with Gasteiger partial charge in [-0.15, -0.1) is 0 Å². The quantitative estimate of drug-likeness (QED) is 0.0244. The van der Waals surface area contributed by atoms with Crippen LogP contribution in [0.2, 0.25) is 0 Å². The number of nitrogens with zero attached hydrogens (tertiary/aromatic N) is 1. The Bertz CT molecular complexity index is 942. The van der Waals surface area contributed by atoms with Crippen molar-refractivity contribution in [1.82, 2.24) is 5.32 Å². The number of phosphoric ester groups is 1. The molecule has 0 aliphatic carbocycles. The maximum absolute atomic E-state index is 12.9. The van der Waals surface area contributed by atoms with Gasteiger partial charge in [0.2, 0.25) is 5.91 Å². The molecule has 0 aliphatic rings. The van der Waals surface area contributed by atoms with E-state index >= 15 is 0 Å². The number of carbonyl (C=O) groups is 1. The van der Waals surface area contributed by atoms with Crippen LogP contribution in [0.25, 0.3) is 0 Å². The first-order valence-corrected chi connectivity index (χ1v) is 26.0. The molecule has 0 saturated carbocycles. The van der Waals surface area contributed by atoms with E-state index < -0.39 is 20.0 Å². The van der Waals surface area contributed by atoms with Crippen molar-refractivity contribution in [1.29, 1.82) is 0 Å². The fourth-order valence-electron chi connectivity index (χ4n) is 7.34. The van der Waals surface area contributed by atoms with Gasteiger partial charge in [0, 0.05) is 6.42 Å². The summed E-state index contributed by atoms with van der Waals surface area (Å²) < 4.78 is 23.6. The van der Waals surface area contributed by atoms with Crippen molar-refractivity contribution in [3.63, 3.8) is 0 Å².